The van der Waals surface area contributed by atoms with Crippen LogP contribution in [-0.2, 0) is 11.3 Å². The minimum absolute atomic E-state index is 0.191. The number of hydrogen-bond acceptors (Lipinski definition) is 2. The first-order chi connectivity index (χ1) is 7.79. The molecule has 3 heteroatoms. The lowest BCUT2D eigenvalue weighted by atomic mass is 10.2. The summed E-state index contributed by atoms with van der Waals surface area (Å²) in [5.41, 5.74) is 1.25. The van der Waals surface area contributed by atoms with Gasteiger partial charge in [-0.3, -0.25) is 9.69 Å². The molecule has 3 nitrogen and oxygen atoms in total. The summed E-state index contributed by atoms with van der Waals surface area (Å²) in [6.45, 7) is 6.36. The molecule has 84 valence electrons. The van der Waals surface area contributed by atoms with Crippen molar-refractivity contribution in [2.45, 2.75) is 6.54 Å². The molecule has 1 fully saturated rings. The van der Waals surface area contributed by atoms with E-state index in [0.717, 1.165) is 6.54 Å². The maximum atomic E-state index is 11.6. The third-order valence-corrected chi connectivity index (χ3v) is 2.68. The van der Waals surface area contributed by atoms with Gasteiger partial charge < -0.3 is 4.90 Å². The number of amides is 1. The first-order valence-electron chi connectivity index (χ1n) is 5.44. The van der Waals surface area contributed by atoms with Crippen molar-refractivity contribution in [1.29, 1.82) is 0 Å². The third kappa shape index (κ3) is 2.49. The molecule has 1 saturated heterocycles. The van der Waals surface area contributed by atoms with Crippen LogP contribution in [0.5, 0.6) is 0 Å². The topological polar surface area (TPSA) is 23.6 Å². The first-order valence-corrected chi connectivity index (χ1v) is 5.44. The van der Waals surface area contributed by atoms with Crippen molar-refractivity contribution in [2.24, 2.45) is 0 Å². The number of hydrogen-bond donors (Lipinski definition) is 0. The molecule has 2 rings (SSSR count). The molecule has 1 heterocycles. The largest absolute Gasteiger partial charge is 0.325 e. The lowest BCUT2D eigenvalue weighted by molar-refractivity contribution is -0.126. The van der Waals surface area contributed by atoms with E-state index in [-0.39, 0.29) is 5.91 Å². The molecule has 1 aromatic carbocycles. The van der Waals surface area contributed by atoms with Gasteiger partial charge in [0, 0.05) is 13.1 Å². The smallest absolute Gasteiger partial charge is 0.238 e. The van der Waals surface area contributed by atoms with Gasteiger partial charge in [0.15, 0.2) is 0 Å². The molecule has 0 saturated carbocycles. The van der Waals surface area contributed by atoms with Crippen LogP contribution in [0, 0.1) is 0 Å². The Morgan fingerprint density at radius 1 is 1.31 bits per heavy atom. The van der Waals surface area contributed by atoms with Crippen molar-refractivity contribution in [3.8, 4) is 0 Å². The summed E-state index contributed by atoms with van der Waals surface area (Å²) >= 11 is 0. The second kappa shape index (κ2) is 4.94. The van der Waals surface area contributed by atoms with Gasteiger partial charge in [-0.1, -0.05) is 36.4 Å². The molecular weight excluding hydrogens is 200 g/mol. The maximum absolute atomic E-state index is 11.6. The zero-order valence-electron chi connectivity index (χ0n) is 9.30. The molecule has 1 amide bonds. The van der Waals surface area contributed by atoms with Gasteiger partial charge in [-0.05, 0) is 5.56 Å². The Bertz CT molecular complexity index is 375. The average molecular weight is 216 g/mol. The van der Waals surface area contributed by atoms with Gasteiger partial charge in [0.05, 0.1) is 13.2 Å². The molecule has 1 aliphatic heterocycles. The Morgan fingerprint density at radius 3 is 2.75 bits per heavy atom. The quantitative estimate of drug-likeness (QED) is 0.712. The SMILES string of the molecule is C=CCN1CN(Cc2ccccc2)CC1=O. The fraction of sp³-hybridized carbons (Fsp3) is 0.308. The molecule has 0 spiro atoms. The fourth-order valence-electron chi connectivity index (χ4n) is 1.92. The van der Waals surface area contributed by atoms with Crippen LogP contribution in [0.1, 0.15) is 5.56 Å². The summed E-state index contributed by atoms with van der Waals surface area (Å²) in [5.74, 6) is 0.191. The highest BCUT2D eigenvalue weighted by Crippen LogP contribution is 2.11. The maximum Gasteiger partial charge on any atom is 0.238 e. The van der Waals surface area contributed by atoms with Gasteiger partial charge in [0.2, 0.25) is 5.91 Å². The highest BCUT2D eigenvalue weighted by atomic mass is 16.2. The lowest BCUT2D eigenvalue weighted by Gasteiger charge is -2.16. The van der Waals surface area contributed by atoms with Crippen molar-refractivity contribution in [1.82, 2.24) is 9.80 Å². The lowest BCUT2D eigenvalue weighted by Crippen LogP contribution is -2.27. The second-order valence-electron chi connectivity index (χ2n) is 4.02. The number of carbonyl (C=O) groups is 1. The Labute approximate surface area is 96.0 Å². The highest BCUT2D eigenvalue weighted by Gasteiger charge is 2.25. The van der Waals surface area contributed by atoms with Crippen LogP contribution >= 0.6 is 0 Å². The average Bonchev–Trinajstić information content (AvgIpc) is 2.61. The van der Waals surface area contributed by atoms with E-state index in [1.807, 2.05) is 23.1 Å². The van der Waals surface area contributed by atoms with Gasteiger partial charge >= 0.3 is 0 Å². The van der Waals surface area contributed by atoms with Crippen LogP contribution in [-0.4, -0.2) is 35.5 Å². The molecule has 1 aromatic rings. The number of benzene rings is 1. The van der Waals surface area contributed by atoms with Gasteiger partial charge in [0.1, 0.15) is 0 Å². The van der Waals surface area contributed by atoms with Crippen molar-refractivity contribution in [2.75, 3.05) is 19.8 Å². The third-order valence-electron chi connectivity index (χ3n) is 2.68. The predicted octanol–water partition coefficient (Wildman–Crippen LogP) is 1.47. The molecule has 0 atom stereocenters. The summed E-state index contributed by atoms with van der Waals surface area (Å²) < 4.78 is 0. The zero-order chi connectivity index (χ0) is 11.4. The monoisotopic (exact) mass is 216 g/mol. The molecule has 0 aliphatic carbocycles. The van der Waals surface area contributed by atoms with E-state index < -0.39 is 0 Å². The fourth-order valence-corrected chi connectivity index (χ4v) is 1.92. The zero-order valence-corrected chi connectivity index (χ0v) is 9.30. The minimum Gasteiger partial charge on any atom is -0.325 e. The van der Waals surface area contributed by atoms with E-state index in [1.54, 1.807) is 6.08 Å². The molecular formula is C13H16N2O. The molecule has 0 N–H and O–H groups in total. The van der Waals surface area contributed by atoms with Crippen molar-refractivity contribution >= 4 is 5.91 Å². The number of nitrogens with zero attached hydrogens (tertiary/aromatic N) is 2. The Balaban J connectivity index is 1.94. The molecule has 16 heavy (non-hydrogen) atoms. The van der Waals surface area contributed by atoms with Crippen LogP contribution < -0.4 is 0 Å². The van der Waals surface area contributed by atoms with E-state index in [2.05, 4.69) is 23.6 Å². The Morgan fingerprint density at radius 2 is 2.06 bits per heavy atom. The summed E-state index contributed by atoms with van der Waals surface area (Å²) in [4.78, 5) is 15.6. The van der Waals surface area contributed by atoms with Crippen LogP contribution in [0.2, 0.25) is 0 Å². The molecule has 0 bridgehead atoms. The van der Waals surface area contributed by atoms with Crippen molar-refractivity contribution < 1.29 is 4.79 Å². The summed E-state index contributed by atoms with van der Waals surface area (Å²) in [5, 5.41) is 0. The first kappa shape index (κ1) is 10.9. The van der Waals surface area contributed by atoms with E-state index >= 15 is 0 Å². The summed E-state index contributed by atoms with van der Waals surface area (Å²) in [7, 11) is 0. The van der Waals surface area contributed by atoms with Gasteiger partial charge in [-0.25, -0.2) is 0 Å². The standard InChI is InChI=1S/C13H16N2O/c1-2-8-15-11-14(10-13(15)16)9-12-6-4-3-5-7-12/h2-7H,1,8-11H2. The van der Waals surface area contributed by atoms with Crippen LogP contribution in [0.15, 0.2) is 43.0 Å². The predicted molar refractivity (Wildman–Crippen MR) is 63.6 cm³/mol. The van der Waals surface area contributed by atoms with Crippen molar-refractivity contribution in [3.63, 3.8) is 0 Å². The van der Waals surface area contributed by atoms with Gasteiger partial charge in [-0.15, -0.1) is 6.58 Å². The molecule has 1 aliphatic rings. The van der Waals surface area contributed by atoms with E-state index in [9.17, 15) is 4.79 Å². The molecule has 0 radical (unpaired) electrons. The van der Waals surface area contributed by atoms with Crippen LogP contribution in [0.3, 0.4) is 0 Å². The van der Waals surface area contributed by atoms with E-state index in [1.165, 1.54) is 5.56 Å². The normalized spacial score (nSPS) is 16.8. The van der Waals surface area contributed by atoms with E-state index in [0.29, 0.717) is 19.8 Å². The Hall–Kier alpha value is -1.61. The van der Waals surface area contributed by atoms with Crippen LogP contribution in [0.25, 0.3) is 0 Å². The number of carbonyl (C=O) groups excluding carboxylic acids is 1. The second-order valence-corrected chi connectivity index (χ2v) is 4.02. The molecule has 0 aromatic heterocycles. The Kier molecular flexibility index (Phi) is 3.37. The van der Waals surface area contributed by atoms with Gasteiger partial charge in [-0.2, -0.15) is 0 Å². The van der Waals surface area contributed by atoms with Crippen LogP contribution in [0.4, 0.5) is 0 Å². The van der Waals surface area contributed by atoms with E-state index in [4.69, 9.17) is 0 Å². The minimum atomic E-state index is 0.191. The summed E-state index contributed by atoms with van der Waals surface area (Å²) in [6.07, 6.45) is 1.77. The number of rotatable bonds is 4. The highest BCUT2D eigenvalue weighted by molar-refractivity contribution is 5.80. The summed E-state index contributed by atoms with van der Waals surface area (Å²) in [6, 6.07) is 10.2. The molecule has 0 unspecified atom stereocenters. The van der Waals surface area contributed by atoms with Gasteiger partial charge in [0.25, 0.3) is 0 Å². The van der Waals surface area contributed by atoms with Crippen molar-refractivity contribution in [3.05, 3.63) is 48.6 Å².